The third kappa shape index (κ3) is 2.79. The molecule has 17 heavy (non-hydrogen) atoms. The Bertz CT molecular complexity index is 382. The zero-order valence-corrected chi connectivity index (χ0v) is 10.9. The molecule has 1 fully saturated rings. The number of nitrogens with one attached hydrogen (secondary N) is 1. The Balaban J connectivity index is 2.19. The highest BCUT2D eigenvalue weighted by atomic mass is 35.5. The first kappa shape index (κ1) is 12.4. The maximum absolute atomic E-state index is 6.14. The average Bonchev–Trinajstić information content (AvgIpc) is 2.39. The predicted molar refractivity (Wildman–Crippen MR) is 68.8 cm³/mol. The number of rotatable bonds is 3. The molecule has 6 heteroatoms. The Morgan fingerprint density at radius 1 is 1.47 bits per heavy atom. The number of anilines is 2. The van der Waals surface area contributed by atoms with E-state index in [1.165, 1.54) is 0 Å². The van der Waals surface area contributed by atoms with Crippen molar-refractivity contribution in [2.75, 3.05) is 37.5 Å². The van der Waals surface area contributed by atoms with E-state index in [4.69, 9.17) is 16.3 Å². The molecule has 0 atom stereocenters. The van der Waals surface area contributed by atoms with Crippen LogP contribution in [0.4, 0.5) is 11.8 Å². The maximum Gasteiger partial charge on any atom is 0.224 e. The van der Waals surface area contributed by atoms with E-state index in [2.05, 4.69) is 20.2 Å². The van der Waals surface area contributed by atoms with Crippen LogP contribution in [0.15, 0.2) is 6.20 Å². The summed E-state index contributed by atoms with van der Waals surface area (Å²) in [7, 11) is 3.81. The van der Waals surface area contributed by atoms with E-state index in [1.54, 1.807) is 13.2 Å². The Kier molecular flexibility index (Phi) is 4.02. The van der Waals surface area contributed by atoms with Gasteiger partial charge in [-0.2, -0.15) is 4.98 Å². The minimum absolute atomic E-state index is 0.431. The van der Waals surface area contributed by atoms with Gasteiger partial charge in [0.2, 0.25) is 5.95 Å². The molecule has 1 saturated heterocycles. The molecule has 1 aliphatic heterocycles. The molecule has 0 saturated carbocycles. The van der Waals surface area contributed by atoms with E-state index in [9.17, 15) is 0 Å². The molecule has 1 aromatic rings. The summed E-state index contributed by atoms with van der Waals surface area (Å²) >= 11 is 6.14. The summed E-state index contributed by atoms with van der Waals surface area (Å²) in [4.78, 5) is 10.6. The van der Waals surface area contributed by atoms with Crippen LogP contribution in [-0.4, -0.2) is 43.3 Å². The Morgan fingerprint density at radius 3 is 2.82 bits per heavy atom. The van der Waals surface area contributed by atoms with E-state index < -0.39 is 0 Å². The van der Waals surface area contributed by atoms with Crippen LogP contribution in [0.3, 0.4) is 0 Å². The van der Waals surface area contributed by atoms with Crippen molar-refractivity contribution < 1.29 is 4.74 Å². The van der Waals surface area contributed by atoms with Crippen molar-refractivity contribution in [2.45, 2.75) is 18.9 Å². The molecule has 0 radical (unpaired) electrons. The van der Waals surface area contributed by atoms with Gasteiger partial charge in [0.1, 0.15) is 5.02 Å². The highest BCUT2D eigenvalue weighted by Gasteiger charge is 2.21. The summed E-state index contributed by atoms with van der Waals surface area (Å²) in [6.07, 6.45) is 3.64. The number of nitrogens with zero attached hydrogens (tertiary/aromatic N) is 3. The van der Waals surface area contributed by atoms with Gasteiger partial charge in [-0.25, -0.2) is 4.98 Å². The monoisotopic (exact) mass is 256 g/mol. The lowest BCUT2D eigenvalue weighted by Gasteiger charge is -2.32. The van der Waals surface area contributed by atoms with Gasteiger partial charge in [-0.1, -0.05) is 11.6 Å². The largest absolute Gasteiger partial charge is 0.381 e. The average molecular weight is 257 g/mol. The van der Waals surface area contributed by atoms with Crippen molar-refractivity contribution in [1.82, 2.24) is 9.97 Å². The number of ether oxygens (including phenoxy) is 1. The number of hydrogen-bond acceptors (Lipinski definition) is 5. The van der Waals surface area contributed by atoms with Gasteiger partial charge in [-0.15, -0.1) is 0 Å². The second-order valence-electron chi connectivity index (χ2n) is 4.07. The molecular formula is C11H17ClN4O. The molecule has 0 amide bonds. The molecule has 94 valence electrons. The predicted octanol–water partition coefficient (Wildman–Crippen LogP) is 1.79. The molecule has 2 rings (SSSR count). The van der Waals surface area contributed by atoms with Crippen LogP contribution >= 0.6 is 11.6 Å². The van der Waals surface area contributed by atoms with Crippen LogP contribution in [0, 0.1) is 0 Å². The minimum Gasteiger partial charge on any atom is -0.381 e. The van der Waals surface area contributed by atoms with Gasteiger partial charge in [-0.3, -0.25) is 0 Å². The minimum atomic E-state index is 0.431. The molecule has 0 spiro atoms. The summed E-state index contributed by atoms with van der Waals surface area (Å²) in [5.74, 6) is 1.36. The molecule has 1 aliphatic rings. The zero-order chi connectivity index (χ0) is 12.3. The van der Waals surface area contributed by atoms with Crippen LogP contribution in [0.5, 0.6) is 0 Å². The van der Waals surface area contributed by atoms with Gasteiger partial charge < -0.3 is 15.0 Å². The van der Waals surface area contributed by atoms with E-state index >= 15 is 0 Å². The Morgan fingerprint density at radius 2 is 2.18 bits per heavy atom. The van der Waals surface area contributed by atoms with Crippen LogP contribution in [0.1, 0.15) is 12.8 Å². The fourth-order valence-electron chi connectivity index (χ4n) is 1.97. The zero-order valence-electron chi connectivity index (χ0n) is 10.1. The third-order valence-electron chi connectivity index (χ3n) is 3.02. The number of halogens is 1. The van der Waals surface area contributed by atoms with Gasteiger partial charge >= 0.3 is 0 Å². The summed E-state index contributed by atoms with van der Waals surface area (Å²) in [6, 6.07) is 0.431. The Hall–Kier alpha value is -1.07. The van der Waals surface area contributed by atoms with E-state index in [1.807, 2.05) is 7.05 Å². The van der Waals surface area contributed by atoms with E-state index in [-0.39, 0.29) is 0 Å². The van der Waals surface area contributed by atoms with Crippen molar-refractivity contribution in [3.05, 3.63) is 11.2 Å². The molecule has 0 bridgehead atoms. The Labute approximate surface area is 106 Å². The second-order valence-corrected chi connectivity index (χ2v) is 4.48. The van der Waals surface area contributed by atoms with E-state index in [0.717, 1.165) is 31.9 Å². The first-order valence-corrected chi connectivity index (χ1v) is 6.11. The lowest BCUT2D eigenvalue weighted by molar-refractivity contribution is 0.0853. The molecule has 1 aromatic heterocycles. The van der Waals surface area contributed by atoms with Gasteiger partial charge in [0.15, 0.2) is 5.82 Å². The first-order chi connectivity index (χ1) is 8.22. The SMILES string of the molecule is CNc1ncc(Cl)c(N(C)C2CCOCC2)n1. The van der Waals surface area contributed by atoms with Crippen molar-refractivity contribution in [2.24, 2.45) is 0 Å². The lowest BCUT2D eigenvalue weighted by atomic mass is 10.1. The van der Waals surface area contributed by atoms with Crippen molar-refractivity contribution in [3.63, 3.8) is 0 Å². The smallest absolute Gasteiger partial charge is 0.224 e. The molecule has 0 unspecified atom stereocenters. The van der Waals surface area contributed by atoms with Crippen molar-refractivity contribution in [3.8, 4) is 0 Å². The highest BCUT2D eigenvalue weighted by Crippen LogP contribution is 2.26. The van der Waals surface area contributed by atoms with Gasteiger partial charge in [0.25, 0.3) is 0 Å². The van der Waals surface area contributed by atoms with Crippen LogP contribution in [0.2, 0.25) is 5.02 Å². The fraction of sp³-hybridized carbons (Fsp3) is 0.636. The number of aromatic nitrogens is 2. The van der Waals surface area contributed by atoms with Gasteiger partial charge in [-0.05, 0) is 12.8 Å². The maximum atomic E-state index is 6.14. The fourth-order valence-corrected chi connectivity index (χ4v) is 2.20. The molecule has 2 heterocycles. The summed E-state index contributed by atoms with van der Waals surface area (Å²) < 4.78 is 5.36. The number of hydrogen-bond donors (Lipinski definition) is 1. The van der Waals surface area contributed by atoms with E-state index in [0.29, 0.717) is 17.0 Å². The summed E-state index contributed by atoms with van der Waals surface area (Å²) in [6.45, 7) is 1.60. The topological polar surface area (TPSA) is 50.3 Å². The molecular weight excluding hydrogens is 240 g/mol. The highest BCUT2D eigenvalue weighted by molar-refractivity contribution is 6.32. The molecule has 1 N–H and O–H groups in total. The molecule has 5 nitrogen and oxygen atoms in total. The summed E-state index contributed by atoms with van der Waals surface area (Å²) in [5, 5.41) is 3.50. The second kappa shape index (κ2) is 5.51. The summed E-state index contributed by atoms with van der Waals surface area (Å²) in [5.41, 5.74) is 0. The van der Waals surface area contributed by atoms with Gasteiger partial charge in [0.05, 0.1) is 6.20 Å². The molecule has 0 aliphatic carbocycles. The standard InChI is InChI=1S/C11H17ClN4O/c1-13-11-14-7-9(12)10(15-11)16(2)8-3-5-17-6-4-8/h7-8H,3-6H2,1-2H3,(H,13,14,15). The van der Waals surface area contributed by atoms with Gasteiger partial charge in [0, 0.05) is 33.4 Å². The van der Waals surface area contributed by atoms with Crippen LogP contribution in [-0.2, 0) is 4.74 Å². The van der Waals surface area contributed by atoms with Crippen molar-refractivity contribution >= 4 is 23.4 Å². The van der Waals surface area contributed by atoms with Crippen molar-refractivity contribution in [1.29, 1.82) is 0 Å². The normalized spacial score (nSPS) is 16.9. The quantitative estimate of drug-likeness (QED) is 0.894. The van der Waals surface area contributed by atoms with Crippen LogP contribution < -0.4 is 10.2 Å². The first-order valence-electron chi connectivity index (χ1n) is 5.73. The van der Waals surface area contributed by atoms with Crippen LogP contribution in [0.25, 0.3) is 0 Å². The third-order valence-corrected chi connectivity index (χ3v) is 3.29. The lowest BCUT2D eigenvalue weighted by Crippen LogP contribution is -2.37. The molecule has 0 aromatic carbocycles.